The number of anilines is 1. The van der Waals surface area contributed by atoms with Crippen molar-refractivity contribution in [2.45, 2.75) is 26.3 Å². The van der Waals surface area contributed by atoms with Gasteiger partial charge >= 0.3 is 0 Å². The van der Waals surface area contributed by atoms with Gasteiger partial charge in [0.1, 0.15) is 5.52 Å². The molecule has 1 aliphatic rings. The Balaban J connectivity index is 1.35. The van der Waals surface area contributed by atoms with Crippen molar-refractivity contribution in [1.82, 2.24) is 29.4 Å². The van der Waals surface area contributed by atoms with Crippen molar-refractivity contribution in [2.24, 2.45) is 0 Å². The van der Waals surface area contributed by atoms with E-state index in [4.69, 9.17) is 4.98 Å². The molecule has 0 spiro atoms. The molecular weight excluding hydrogens is 434 g/mol. The summed E-state index contributed by atoms with van der Waals surface area (Å²) in [7, 11) is 2.18. The molecule has 0 unspecified atom stereocenters. The quantitative estimate of drug-likeness (QED) is 0.399. The summed E-state index contributed by atoms with van der Waals surface area (Å²) in [5, 5.41) is 0. The summed E-state index contributed by atoms with van der Waals surface area (Å²) >= 11 is 0. The molecule has 1 aliphatic heterocycles. The monoisotopic (exact) mass is 465 g/mol. The smallest absolute Gasteiger partial charge is 0.156 e. The highest BCUT2D eigenvalue weighted by molar-refractivity contribution is 5.94. The molecule has 7 nitrogen and oxygen atoms in total. The summed E-state index contributed by atoms with van der Waals surface area (Å²) in [5.74, 6) is 0. The maximum absolute atomic E-state index is 5.04. The highest BCUT2D eigenvalue weighted by atomic mass is 15.2. The fraction of sp³-hybridized carbons (Fsp3) is 0.321. The molecule has 1 N–H and O–H groups in total. The second kappa shape index (κ2) is 8.20. The van der Waals surface area contributed by atoms with Crippen LogP contribution in [0.5, 0.6) is 0 Å². The summed E-state index contributed by atoms with van der Waals surface area (Å²) < 4.78 is 2.22. The lowest BCUT2D eigenvalue weighted by atomic mass is 10.1. The van der Waals surface area contributed by atoms with Gasteiger partial charge in [0, 0.05) is 54.7 Å². The van der Waals surface area contributed by atoms with Crippen molar-refractivity contribution in [2.75, 3.05) is 38.1 Å². The van der Waals surface area contributed by atoms with E-state index < -0.39 is 0 Å². The Morgan fingerprint density at radius 1 is 0.886 bits per heavy atom. The summed E-state index contributed by atoms with van der Waals surface area (Å²) in [5.41, 5.74) is 9.12. The third-order valence-corrected chi connectivity index (χ3v) is 6.99. The maximum atomic E-state index is 5.04. The Kier molecular flexibility index (Phi) is 5.11. The number of nitrogens with one attached hydrogen (secondary N) is 1. The number of hydrogen-bond donors (Lipinski definition) is 1. The van der Waals surface area contributed by atoms with Crippen LogP contribution in [0.1, 0.15) is 20.8 Å². The van der Waals surface area contributed by atoms with E-state index >= 15 is 0 Å². The number of piperazine rings is 1. The molecule has 0 atom stereocenters. The van der Waals surface area contributed by atoms with Gasteiger partial charge in [-0.1, -0.05) is 18.2 Å². The van der Waals surface area contributed by atoms with E-state index in [0.29, 0.717) is 0 Å². The van der Waals surface area contributed by atoms with Gasteiger partial charge in [-0.15, -0.1) is 0 Å². The van der Waals surface area contributed by atoms with Crippen molar-refractivity contribution in [3.63, 3.8) is 0 Å². The number of aromatic amines is 1. The van der Waals surface area contributed by atoms with Crippen LogP contribution in [0.2, 0.25) is 0 Å². The molecule has 0 bridgehead atoms. The lowest BCUT2D eigenvalue weighted by Gasteiger charge is -2.34. The van der Waals surface area contributed by atoms with Gasteiger partial charge in [0.25, 0.3) is 0 Å². The maximum Gasteiger partial charge on any atom is 0.156 e. The van der Waals surface area contributed by atoms with E-state index in [9.17, 15) is 0 Å². The average molecular weight is 466 g/mol. The van der Waals surface area contributed by atoms with Crippen LogP contribution < -0.4 is 4.90 Å². The van der Waals surface area contributed by atoms with Gasteiger partial charge in [0.15, 0.2) is 5.65 Å². The second-order valence-electron chi connectivity index (χ2n) is 10.5. The van der Waals surface area contributed by atoms with E-state index in [0.717, 1.165) is 70.8 Å². The number of hydrogen-bond acceptors (Lipinski definition) is 5. The number of rotatable bonds is 3. The lowest BCUT2D eigenvalue weighted by molar-refractivity contribution is 0.313. The number of imidazole rings is 1. The van der Waals surface area contributed by atoms with Gasteiger partial charge in [0.2, 0.25) is 0 Å². The lowest BCUT2D eigenvalue weighted by Crippen LogP contribution is -2.44. The van der Waals surface area contributed by atoms with Crippen molar-refractivity contribution < 1.29 is 0 Å². The van der Waals surface area contributed by atoms with E-state index in [2.05, 4.69) is 99.6 Å². The Morgan fingerprint density at radius 3 is 2.37 bits per heavy atom. The van der Waals surface area contributed by atoms with Crippen molar-refractivity contribution >= 4 is 27.9 Å². The van der Waals surface area contributed by atoms with Crippen LogP contribution in [0.4, 0.5) is 5.69 Å². The van der Waals surface area contributed by atoms with Crippen LogP contribution >= 0.6 is 0 Å². The molecule has 0 amide bonds. The molecule has 1 fully saturated rings. The summed E-state index contributed by atoms with van der Waals surface area (Å²) in [4.78, 5) is 22.4. The normalized spacial score (nSPS) is 15.4. The Bertz CT molecular complexity index is 1500. The average Bonchev–Trinajstić information content (AvgIpc) is 3.48. The summed E-state index contributed by atoms with van der Waals surface area (Å²) in [6.07, 6.45) is 5.78. The predicted molar refractivity (Wildman–Crippen MR) is 143 cm³/mol. The van der Waals surface area contributed by atoms with Crippen LogP contribution in [-0.2, 0) is 5.54 Å². The topological polar surface area (TPSA) is 65.9 Å². The highest BCUT2D eigenvalue weighted by Crippen LogP contribution is 2.32. The molecule has 5 aromatic rings. The fourth-order valence-corrected chi connectivity index (χ4v) is 4.87. The minimum absolute atomic E-state index is 0.0448. The third-order valence-electron chi connectivity index (χ3n) is 6.99. The standard InChI is InChI=1S/C28H31N7/c1-28(2,3)35-18-31-23-10-7-20(15-25(23)35)22-16-29-27-26(22)32-24(17-30-27)19-5-8-21(9-6-19)34-13-11-33(4)12-14-34/h5-10,15-18H,11-14H2,1-4H3,(H,29,30). The number of fused-ring (bicyclic) bond motifs is 2. The molecule has 0 saturated carbocycles. The number of aromatic nitrogens is 5. The molecule has 6 rings (SSSR count). The summed E-state index contributed by atoms with van der Waals surface area (Å²) in [6, 6.07) is 15.1. The first-order valence-corrected chi connectivity index (χ1v) is 12.2. The van der Waals surface area contributed by atoms with E-state index in [1.807, 2.05) is 18.7 Å². The van der Waals surface area contributed by atoms with E-state index in [-0.39, 0.29) is 5.54 Å². The Labute approximate surface area is 205 Å². The zero-order chi connectivity index (χ0) is 24.2. The Morgan fingerprint density at radius 2 is 1.63 bits per heavy atom. The van der Waals surface area contributed by atoms with Gasteiger partial charge in [-0.05, 0) is 57.6 Å². The van der Waals surface area contributed by atoms with Gasteiger partial charge in [-0.2, -0.15) is 0 Å². The SMILES string of the molecule is CN1CCN(c2ccc(-c3cnc4[nH]cc(-c5ccc6ncn(C(C)(C)C)c6c5)c4n3)cc2)CC1. The molecular formula is C28H31N7. The second-order valence-corrected chi connectivity index (χ2v) is 10.5. The number of likely N-dealkylation sites (N-methyl/N-ethyl adjacent to an activating group) is 1. The zero-order valence-corrected chi connectivity index (χ0v) is 20.8. The number of nitrogens with zero attached hydrogens (tertiary/aromatic N) is 6. The van der Waals surface area contributed by atoms with E-state index in [1.165, 1.54) is 5.69 Å². The van der Waals surface area contributed by atoms with Crippen LogP contribution in [-0.4, -0.2) is 62.6 Å². The van der Waals surface area contributed by atoms with Gasteiger partial charge in [-0.3, -0.25) is 0 Å². The molecule has 178 valence electrons. The van der Waals surface area contributed by atoms with Crippen molar-refractivity contribution in [3.8, 4) is 22.4 Å². The minimum atomic E-state index is -0.0448. The first-order chi connectivity index (χ1) is 16.9. The third kappa shape index (κ3) is 3.96. The molecule has 0 aliphatic carbocycles. The van der Waals surface area contributed by atoms with Crippen LogP contribution in [0.25, 0.3) is 44.6 Å². The van der Waals surface area contributed by atoms with Crippen molar-refractivity contribution in [1.29, 1.82) is 0 Å². The fourth-order valence-electron chi connectivity index (χ4n) is 4.87. The van der Waals surface area contributed by atoms with Gasteiger partial charge < -0.3 is 19.4 Å². The first-order valence-electron chi connectivity index (χ1n) is 12.2. The predicted octanol–water partition coefficient (Wildman–Crippen LogP) is 5.15. The van der Waals surface area contributed by atoms with Gasteiger partial charge in [-0.25, -0.2) is 15.0 Å². The van der Waals surface area contributed by atoms with Crippen molar-refractivity contribution in [3.05, 3.63) is 61.2 Å². The van der Waals surface area contributed by atoms with Crippen LogP contribution in [0, 0.1) is 0 Å². The molecule has 7 heteroatoms. The number of H-pyrrole nitrogens is 1. The van der Waals surface area contributed by atoms with Crippen LogP contribution in [0.3, 0.4) is 0 Å². The van der Waals surface area contributed by atoms with Crippen LogP contribution in [0.15, 0.2) is 61.2 Å². The molecule has 35 heavy (non-hydrogen) atoms. The first kappa shape index (κ1) is 21.8. The highest BCUT2D eigenvalue weighted by Gasteiger charge is 2.18. The molecule has 2 aromatic carbocycles. The Hall–Kier alpha value is -3.71. The minimum Gasteiger partial charge on any atom is -0.369 e. The molecule has 1 saturated heterocycles. The number of benzene rings is 2. The zero-order valence-electron chi connectivity index (χ0n) is 20.8. The largest absolute Gasteiger partial charge is 0.369 e. The van der Waals surface area contributed by atoms with E-state index in [1.54, 1.807) is 0 Å². The molecule has 4 heterocycles. The van der Waals surface area contributed by atoms with Gasteiger partial charge in [0.05, 0.1) is 29.3 Å². The molecule has 0 radical (unpaired) electrons. The summed E-state index contributed by atoms with van der Waals surface area (Å²) in [6.45, 7) is 10.9. The molecule has 3 aromatic heterocycles.